The van der Waals surface area contributed by atoms with Crippen molar-refractivity contribution in [2.75, 3.05) is 7.05 Å². The van der Waals surface area contributed by atoms with Crippen molar-refractivity contribution >= 4 is 0 Å². The highest BCUT2D eigenvalue weighted by atomic mass is 19.3. The van der Waals surface area contributed by atoms with E-state index in [4.69, 9.17) is 0 Å². The van der Waals surface area contributed by atoms with Crippen LogP contribution < -0.4 is 0 Å². The largest absolute Gasteiger partial charge is 0.785 e. The summed E-state index contributed by atoms with van der Waals surface area (Å²) < 4.78 is 25.5. The molecule has 0 spiro atoms. The Balaban J connectivity index is 2.41. The van der Waals surface area contributed by atoms with Crippen molar-refractivity contribution < 1.29 is 8.78 Å². The molecule has 1 aliphatic rings. The van der Waals surface area contributed by atoms with E-state index in [9.17, 15) is 14.0 Å². The van der Waals surface area contributed by atoms with Crippen LogP contribution in [0.3, 0.4) is 0 Å². The zero-order valence-corrected chi connectivity index (χ0v) is 8.09. The summed E-state index contributed by atoms with van der Waals surface area (Å²) in [4.78, 5) is 0. The molecule has 1 rings (SSSR count). The molecule has 0 aromatic heterocycles. The molecule has 1 atom stereocenters. The Morgan fingerprint density at radius 1 is 1.38 bits per heavy atom. The lowest BCUT2D eigenvalue weighted by Crippen LogP contribution is -2.36. The van der Waals surface area contributed by atoms with Crippen molar-refractivity contribution in [2.45, 2.75) is 44.6 Å². The third kappa shape index (κ3) is 2.88. The van der Waals surface area contributed by atoms with Crippen LogP contribution in [-0.4, -0.2) is 24.1 Å². The van der Waals surface area contributed by atoms with Gasteiger partial charge >= 0.3 is 0 Å². The molecular formula is C9H16F2NO-. The lowest BCUT2D eigenvalue weighted by molar-refractivity contribution is -0.0522. The molecule has 0 aromatic rings. The molecule has 1 fully saturated rings. The molecule has 0 radical (unpaired) electrons. The fourth-order valence-electron chi connectivity index (χ4n) is 1.84. The Morgan fingerprint density at radius 3 is 2.23 bits per heavy atom. The summed E-state index contributed by atoms with van der Waals surface area (Å²) in [6.07, 6.45) is 0.827. The molecule has 0 saturated heterocycles. The normalized spacial score (nSPS) is 26.3. The number of hydroxylamine groups is 2. The maximum Gasteiger partial charge on any atom is 0.248 e. The zero-order valence-electron chi connectivity index (χ0n) is 8.09. The van der Waals surface area contributed by atoms with Crippen LogP contribution in [-0.2, 0) is 0 Å². The molecule has 0 aromatic carbocycles. The lowest BCUT2D eigenvalue weighted by atomic mass is 9.82. The van der Waals surface area contributed by atoms with Gasteiger partial charge in [0.25, 0.3) is 0 Å². The molecule has 0 amide bonds. The smallest absolute Gasteiger partial charge is 0.248 e. The zero-order chi connectivity index (χ0) is 10.1. The second kappa shape index (κ2) is 3.88. The van der Waals surface area contributed by atoms with E-state index < -0.39 is 5.92 Å². The molecule has 0 bridgehead atoms. The molecule has 4 heteroatoms. The Bertz CT molecular complexity index is 163. The maximum atomic E-state index is 12.8. The first-order valence-electron chi connectivity index (χ1n) is 4.70. The standard InChI is InChI=1S/C9H16F2NO/c1-7(12(2)13)8-3-5-9(10,11)6-4-8/h7-8H,3-6H2,1-2H3/q-1. The van der Waals surface area contributed by atoms with Crippen LogP contribution in [0, 0.1) is 11.1 Å². The third-order valence-electron chi connectivity index (χ3n) is 3.02. The van der Waals surface area contributed by atoms with E-state index >= 15 is 0 Å². The topological polar surface area (TPSA) is 26.3 Å². The van der Waals surface area contributed by atoms with Crippen LogP contribution >= 0.6 is 0 Å². The summed E-state index contributed by atoms with van der Waals surface area (Å²) in [5.74, 6) is -2.35. The predicted octanol–water partition coefficient (Wildman–Crippen LogP) is 2.63. The van der Waals surface area contributed by atoms with E-state index in [1.807, 2.05) is 0 Å². The summed E-state index contributed by atoms with van der Waals surface area (Å²) in [6.45, 7) is 1.81. The van der Waals surface area contributed by atoms with Gasteiger partial charge in [-0.3, -0.25) is 0 Å². The van der Waals surface area contributed by atoms with Crippen LogP contribution in [0.5, 0.6) is 0 Å². The van der Waals surface area contributed by atoms with E-state index in [1.54, 1.807) is 6.92 Å². The number of hydrogen-bond acceptors (Lipinski definition) is 2. The lowest BCUT2D eigenvalue weighted by Gasteiger charge is -2.39. The van der Waals surface area contributed by atoms with Crippen molar-refractivity contribution in [3.8, 4) is 0 Å². The summed E-state index contributed by atoms with van der Waals surface area (Å²) in [5.41, 5.74) is 0. The highest BCUT2D eigenvalue weighted by molar-refractivity contribution is 4.83. The minimum Gasteiger partial charge on any atom is -0.785 e. The first-order valence-corrected chi connectivity index (χ1v) is 4.70. The average molecular weight is 192 g/mol. The number of nitrogens with zero attached hydrogens (tertiary/aromatic N) is 1. The van der Waals surface area contributed by atoms with Crippen LogP contribution in [0.15, 0.2) is 0 Å². The van der Waals surface area contributed by atoms with Gasteiger partial charge in [-0.15, -0.1) is 0 Å². The number of rotatable bonds is 2. The summed E-state index contributed by atoms with van der Waals surface area (Å²) in [5, 5.41) is 11.8. The Kier molecular flexibility index (Phi) is 3.24. The van der Waals surface area contributed by atoms with Crippen molar-refractivity contribution in [1.82, 2.24) is 5.06 Å². The summed E-state index contributed by atoms with van der Waals surface area (Å²) >= 11 is 0. The van der Waals surface area contributed by atoms with Gasteiger partial charge in [-0.05, 0) is 31.8 Å². The predicted molar refractivity (Wildman–Crippen MR) is 47.5 cm³/mol. The molecule has 2 nitrogen and oxygen atoms in total. The highest BCUT2D eigenvalue weighted by Gasteiger charge is 2.36. The average Bonchev–Trinajstić information content (AvgIpc) is 2.03. The number of hydrogen-bond donors (Lipinski definition) is 0. The minimum atomic E-state index is -2.49. The van der Waals surface area contributed by atoms with Crippen LogP contribution in [0.2, 0.25) is 0 Å². The number of alkyl halides is 2. The minimum absolute atomic E-state index is 0.0597. The van der Waals surface area contributed by atoms with Gasteiger partial charge in [0.05, 0.1) is 0 Å². The van der Waals surface area contributed by atoms with Crippen molar-refractivity contribution in [3.63, 3.8) is 0 Å². The van der Waals surface area contributed by atoms with Crippen LogP contribution in [0.1, 0.15) is 32.6 Å². The van der Waals surface area contributed by atoms with Gasteiger partial charge in [-0.2, -0.15) is 0 Å². The quantitative estimate of drug-likeness (QED) is 0.629. The monoisotopic (exact) mass is 192 g/mol. The van der Waals surface area contributed by atoms with E-state index in [2.05, 4.69) is 0 Å². The molecule has 1 unspecified atom stereocenters. The molecule has 0 aliphatic heterocycles. The maximum absolute atomic E-state index is 12.8. The highest BCUT2D eigenvalue weighted by Crippen LogP contribution is 2.38. The van der Waals surface area contributed by atoms with E-state index in [1.165, 1.54) is 7.05 Å². The second-order valence-electron chi connectivity index (χ2n) is 3.98. The molecule has 0 N–H and O–H groups in total. The van der Waals surface area contributed by atoms with E-state index in [-0.39, 0.29) is 24.8 Å². The van der Waals surface area contributed by atoms with Crippen molar-refractivity contribution in [1.29, 1.82) is 0 Å². The Morgan fingerprint density at radius 2 is 1.85 bits per heavy atom. The van der Waals surface area contributed by atoms with E-state index in [0.29, 0.717) is 12.8 Å². The van der Waals surface area contributed by atoms with Gasteiger partial charge in [0.1, 0.15) is 0 Å². The fourth-order valence-corrected chi connectivity index (χ4v) is 1.84. The van der Waals surface area contributed by atoms with E-state index in [0.717, 1.165) is 5.06 Å². The Hall–Kier alpha value is -0.220. The van der Waals surface area contributed by atoms with Crippen LogP contribution in [0.4, 0.5) is 8.78 Å². The van der Waals surface area contributed by atoms with Crippen molar-refractivity contribution in [3.05, 3.63) is 5.21 Å². The summed E-state index contributed by atoms with van der Waals surface area (Å²) in [7, 11) is 1.46. The van der Waals surface area contributed by atoms with Crippen LogP contribution in [0.25, 0.3) is 0 Å². The van der Waals surface area contributed by atoms with Gasteiger partial charge in [-0.25, -0.2) is 8.78 Å². The molecule has 0 heterocycles. The third-order valence-corrected chi connectivity index (χ3v) is 3.02. The fraction of sp³-hybridized carbons (Fsp3) is 1.00. The molecule has 1 saturated carbocycles. The van der Waals surface area contributed by atoms with Gasteiger partial charge in [0, 0.05) is 12.8 Å². The van der Waals surface area contributed by atoms with Gasteiger partial charge in [0.2, 0.25) is 5.92 Å². The Labute approximate surface area is 77.5 Å². The summed E-state index contributed by atoms with van der Waals surface area (Å²) in [6, 6.07) is -0.129. The first-order chi connectivity index (χ1) is 5.92. The van der Waals surface area contributed by atoms with Gasteiger partial charge in [-0.1, -0.05) is 6.92 Å². The SMILES string of the molecule is CC(C1CCC(F)(F)CC1)N(C)[O-]. The van der Waals surface area contributed by atoms with Gasteiger partial charge in [0.15, 0.2) is 0 Å². The number of halogens is 2. The molecule has 78 valence electrons. The second-order valence-corrected chi connectivity index (χ2v) is 3.98. The van der Waals surface area contributed by atoms with Crippen molar-refractivity contribution in [2.24, 2.45) is 5.92 Å². The molecule has 1 aliphatic carbocycles. The first kappa shape index (κ1) is 10.9. The molecular weight excluding hydrogens is 176 g/mol. The molecule has 13 heavy (non-hydrogen) atoms. The van der Waals surface area contributed by atoms with Gasteiger partial charge < -0.3 is 10.3 Å².